The minimum absolute atomic E-state index is 0.318. The molecular weight excluding hydrogens is 297 g/mol. The van der Waals surface area contributed by atoms with Gasteiger partial charge in [0.05, 0.1) is 0 Å². The molecule has 0 radical (unpaired) electrons. The van der Waals surface area contributed by atoms with E-state index in [1.165, 1.54) is 6.20 Å². The third-order valence-electron chi connectivity index (χ3n) is 2.55. The van der Waals surface area contributed by atoms with Crippen LogP contribution in [0.2, 0.25) is 10.0 Å². The van der Waals surface area contributed by atoms with Crippen molar-refractivity contribution in [3.63, 3.8) is 0 Å². The lowest BCUT2D eigenvalue weighted by Crippen LogP contribution is -2.30. The standard InChI is InChI=1S/C14H13Cl2N3O/c15-11-3-1-2-10(8-11)4-6-18-14(20)19-13-9-12(16)5-7-17-13/h1-3,5,7-9H,4,6H2,(H2,17,18,19,20). The van der Waals surface area contributed by atoms with E-state index < -0.39 is 0 Å². The lowest BCUT2D eigenvalue weighted by Gasteiger charge is -2.07. The van der Waals surface area contributed by atoms with Gasteiger partial charge in [0, 0.05) is 22.8 Å². The van der Waals surface area contributed by atoms with Crippen LogP contribution < -0.4 is 10.6 Å². The Morgan fingerprint density at radius 2 is 1.95 bits per heavy atom. The maximum absolute atomic E-state index is 11.6. The SMILES string of the molecule is O=C(NCCc1cccc(Cl)c1)Nc1cc(Cl)ccn1. The number of pyridine rings is 1. The molecule has 6 heteroatoms. The highest BCUT2D eigenvalue weighted by molar-refractivity contribution is 6.31. The highest BCUT2D eigenvalue weighted by atomic mass is 35.5. The number of amides is 2. The molecule has 0 aliphatic rings. The Morgan fingerprint density at radius 3 is 2.70 bits per heavy atom. The van der Waals surface area contributed by atoms with Gasteiger partial charge in [-0.1, -0.05) is 35.3 Å². The lowest BCUT2D eigenvalue weighted by atomic mass is 10.1. The topological polar surface area (TPSA) is 54.0 Å². The molecule has 2 rings (SSSR count). The zero-order valence-electron chi connectivity index (χ0n) is 10.6. The molecule has 0 saturated heterocycles. The van der Waals surface area contributed by atoms with E-state index in [-0.39, 0.29) is 6.03 Å². The smallest absolute Gasteiger partial charge is 0.320 e. The normalized spacial score (nSPS) is 10.1. The fourth-order valence-electron chi connectivity index (χ4n) is 1.65. The molecule has 1 heterocycles. The summed E-state index contributed by atoms with van der Waals surface area (Å²) >= 11 is 11.7. The Labute approximate surface area is 127 Å². The van der Waals surface area contributed by atoms with Gasteiger partial charge < -0.3 is 5.32 Å². The van der Waals surface area contributed by atoms with Crippen LogP contribution in [0.15, 0.2) is 42.6 Å². The zero-order chi connectivity index (χ0) is 14.4. The second kappa shape index (κ2) is 7.12. The van der Waals surface area contributed by atoms with Crippen LogP contribution in [0.5, 0.6) is 0 Å². The van der Waals surface area contributed by atoms with Crippen LogP contribution in [-0.2, 0) is 6.42 Å². The zero-order valence-corrected chi connectivity index (χ0v) is 12.1. The molecule has 2 amide bonds. The van der Waals surface area contributed by atoms with Crippen molar-refractivity contribution >= 4 is 35.1 Å². The maximum atomic E-state index is 11.6. The molecular formula is C14H13Cl2N3O. The van der Waals surface area contributed by atoms with E-state index >= 15 is 0 Å². The molecule has 0 atom stereocenters. The van der Waals surface area contributed by atoms with Gasteiger partial charge in [0.25, 0.3) is 0 Å². The minimum Gasteiger partial charge on any atom is -0.337 e. The van der Waals surface area contributed by atoms with Crippen LogP contribution in [-0.4, -0.2) is 17.6 Å². The Kier molecular flexibility index (Phi) is 5.21. The fourth-order valence-corrected chi connectivity index (χ4v) is 2.02. The number of benzene rings is 1. The van der Waals surface area contributed by atoms with Gasteiger partial charge in [0.15, 0.2) is 0 Å². The van der Waals surface area contributed by atoms with Crippen molar-refractivity contribution in [2.75, 3.05) is 11.9 Å². The number of aromatic nitrogens is 1. The molecule has 20 heavy (non-hydrogen) atoms. The average Bonchev–Trinajstić information content (AvgIpc) is 2.38. The third-order valence-corrected chi connectivity index (χ3v) is 3.02. The summed E-state index contributed by atoms with van der Waals surface area (Å²) in [4.78, 5) is 15.6. The molecule has 0 unspecified atom stereocenters. The predicted octanol–water partition coefficient (Wildman–Crippen LogP) is 3.75. The number of rotatable bonds is 4. The molecule has 0 fully saturated rings. The molecule has 4 nitrogen and oxygen atoms in total. The van der Waals surface area contributed by atoms with E-state index in [2.05, 4.69) is 15.6 Å². The molecule has 1 aromatic heterocycles. The number of hydrogen-bond acceptors (Lipinski definition) is 2. The van der Waals surface area contributed by atoms with Gasteiger partial charge in [-0.05, 0) is 36.2 Å². The number of urea groups is 1. The summed E-state index contributed by atoms with van der Waals surface area (Å²) in [7, 11) is 0. The first kappa shape index (κ1) is 14.6. The summed E-state index contributed by atoms with van der Waals surface area (Å²) in [5.74, 6) is 0.415. The van der Waals surface area contributed by atoms with Crippen LogP contribution in [0.4, 0.5) is 10.6 Å². The number of carbonyl (C=O) groups excluding carboxylic acids is 1. The summed E-state index contributed by atoms with van der Waals surface area (Å²) in [6, 6.07) is 10.4. The van der Waals surface area contributed by atoms with Crippen molar-refractivity contribution in [2.24, 2.45) is 0 Å². The first-order valence-corrected chi connectivity index (χ1v) is 6.80. The van der Waals surface area contributed by atoms with Crippen molar-refractivity contribution in [2.45, 2.75) is 6.42 Å². The molecule has 0 bridgehead atoms. The molecule has 1 aromatic carbocycles. The van der Waals surface area contributed by atoms with Crippen molar-refractivity contribution < 1.29 is 4.79 Å². The molecule has 0 aliphatic carbocycles. The van der Waals surface area contributed by atoms with Crippen LogP contribution in [0.1, 0.15) is 5.56 Å². The van der Waals surface area contributed by atoms with Crippen molar-refractivity contribution in [1.29, 1.82) is 0 Å². The molecule has 0 aliphatic heterocycles. The Bertz CT molecular complexity index is 604. The first-order chi connectivity index (χ1) is 9.63. The lowest BCUT2D eigenvalue weighted by molar-refractivity contribution is 0.252. The van der Waals surface area contributed by atoms with E-state index in [1.807, 2.05) is 24.3 Å². The summed E-state index contributed by atoms with van der Waals surface area (Å²) in [5.41, 5.74) is 1.07. The van der Waals surface area contributed by atoms with Crippen LogP contribution in [0.25, 0.3) is 0 Å². The van der Waals surface area contributed by atoms with Crippen molar-refractivity contribution in [3.05, 3.63) is 58.2 Å². The minimum atomic E-state index is -0.318. The second-order valence-corrected chi connectivity index (χ2v) is 4.99. The number of halogens is 2. The highest BCUT2D eigenvalue weighted by Crippen LogP contribution is 2.12. The van der Waals surface area contributed by atoms with E-state index in [9.17, 15) is 4.79 Å². The highest BCUT2D eigenvalue weighted by Gasteiger charge is 2.03. The van der Waals surface area contributed by atoms with Crippen LogP contribution >= 0.6 is 23.2 Å². The van der Waals surface area contributed by atoms with Crippen molar-refractivity contribution in [3.8, 4) is 0 Å². The molecule has 2 aromatic rings. The van der Waals surface area contributed by atoms with Gasteiger partial charge in [-0.15, -0.1) is 0 Å². The number of carbonyl (C=O) groups is 1. The number of hydrogen-bond donors (Lipinski definition) is 2. The molecule has 2 N–H and O–H groups in total. The van der Waals surface area contributed by atoms with Gasteiger partial charge in [-0.25, -0.2) is 9.78 Å². The van der Waals surface area contributed by atoms with E-state index in [1.54, 1.807) is 12.1 Å². The molecule has 0 spiro atoms. The van der Waals surface area contributed by atoms with Crippen LogP contribution in [0, 0.1) is 0 Å². The Morgan fingerprint density at radius 1 is 1.15 bits per heavy atom. The largest absolute Gasteiger partial charge is 0.337 e. The summed E-state index contributed by atoms with van der Waals surface area (Å²) in [5, 5.41) is 6.56. The summed E-state index contributed by atoms with van der Waals surface area (Å²) in [6.07, 6.45) is 2.24. The van der Waals surface area contributed by atoms with Gasteiger partial charge >= 0.3 is 6.03 Å². The Balaban J connectivity index is 1.78. The summed E-state index contributed by atoms with van der Waals surface area (Å²) in [6.45, 7) is 0.507. The number of anilines is 1. The average molecular weight is 310 g/mol. The second-order valence-electron chi connectivity index (χ2n) is 4.12. The molecule has 0 saturated carbocycles. The van der Waals surface area contributed by atoms with E-state index in [0.29, 0.717) is 28.8 Å². The quantitative estimate of drug-likeness (QED) is 0.903. The van der Waals surface area contributed by atoms with Gasteiger partial charge in [0.1, 0.15) is 5.82 Å². The van der Waals surface area contributed by atoms with Crippen LogP contribution in [0.3, 0.4) is 0 Å². The first-order valence-electron chi connectivity index (χ1n) is 6.04. The monoisotopic (exact) mass is 309 g/mol. The van der Waals surface area contributed by atoms with Gasteiger partial charge in [-0.3, -0.25) is 5.32 Å². The van der Waals surface area contributed by atoms with Gasteiger partial charge in [-0.2, -0.15) is 0 Å². The van der Waals surface area contributed by atoms with Crippen molar-refractivity contribution in [1.82, 2.24) is 10.3 Å². The summed E-state index contributed by atoms with van der Waals surface area (Å²) < 4.78 is 0. The predicted molar refractivity (Wildman–Crippen MR) is 81.4 cm³/mol. The van der Waals surface area contributed by atoms with E-state index in [4.69, 9.17) is 23.2 Å². The maximum Gasteiger partial charge on any atom is 0.320 e. The third kappa shape index (κ3) is 4.72. The number of nitrogens with one attached hydrogen (secondary N) is 2. The van der Waals surface area contributed by atoms with E-state index in [0.717, 1.165) is 5.56 Å². The number of nitrogens with zero attached hydrogens (tertiary/aromatic N) is 1. The Hall–Kier alpha value is -1.78. The van der Waals surface area contributed by atoms with Gasteiger partial charge in [0.2, 0.25) is 0 Å². The fraction of sp³-hybridized carbons (Fsp3) is 0.143. The molecule has 104 valence electrons.